The molecular formula is C20H26N6O2. The zero-order valence-electron chi connectivity index (χ0n) is 16.2. The fraction of sp³-hybridized carbons (Fsp3) is 0.450. The third-order valence-corrected chi connectivity index (χ3v) is 5.04. The lowest BCUT2D eigenvalue weighted by molar-refractivity contribution is -0.130. The first kappa shape index (κ1) is 18.5. The van der Waals surface area contributed by atoms with Crippen LogP contribution in [-0.4, -0.2) is 64.7 Å². The monoisotopic (exact) mass is 382 g/mol. The standard InChI is InChI=1S/C20H26N6O2/c1-25(2)19(28)17-11-16(27)12-26(17)15-7-5-14(6-8-15)23-20-21-10-9-18(24-20)22-13-3-4-13/h5-10,13,16-17,27H,3-4,11-12H2,1-2H3,(H2,21,22,23,24)/t16-,17+/m1/s1. The zero-order chi connectivity index (χ0) is 19.7. The molecule has 3 N–H and O–H groups in total. The number of anilines is 4. The smallest absolute Gasteiger partial charge is 0.244 e. The number of carbonyl (C=O) groups excluding carboxylic acids is 1. The molecule has 0 radical (unpaired) electrons. The highest BCUT2D eigenvalue weighted by molar-refractivity contribution is 5.86. The van der Waals surface area contributed by atoms with Crippen molar-refractivity contribution < 1.29 is 9.90 Å². The molecule has 2 heterocycles. The first-order valence-corrected chi connectivity index (χ1v) is 9.62. The lowest BCUT2D eigenvalue weighted by atomic mass is 10.1. The molecule has 0 unspecified atom stereocenters. The number of β-amino-alcohol motifs (C(OH)–C–C–N with tert-alkyl or cyclic N) is 1. The number of aliphatic hydroxyl groups excluding tert-OH is 1. The van der Waals surface area contributed by atoms with Crippen molar-refractivity contribution in [2.75, 3.05) is 36.2 Å². The Morgan fingerprint density at radius 2 is 1.96 bits per heavy atom. The number of hydrogen-bond donors (Lipinski definition) is 3. The van der Waals surface area contributed by atoms with E-state index in [1.807, 2.05) is 35.2 Å². The molecule has 2 aliphatic rings. The highest BCUT2D eigenvalue weighted by Crippen LogP contribution is 2.29. The van der Waals surface area contributed by atoms with Crippen LogP contribution in [-0.2, 0) is 4.79 Å². The molecule has 1 aromatic carbocycles. The molecule has 1 aliphatic carbocycles. The minimum atomic E-state index is -0.498. The fourth-order valence-corrected chi connectivity index (χ4v) is 3.43. The SMILES string of the molecule is CN(C)C(=O)[C@@H]1C[C@@H](O)CN1c1ccc(Nc2nccc(NC3CC3)n2)cc1. The number of nitrogens with zero attached hydrogens (tertiary/aromatic N) is 4. The van der Waals surface area contributed by atoms with E-state index in [1.54, 1.807) is 25.2 Å². The van der Waals surface area contributed by atoms with E-state index in [0.717, 1.165) is 17.2 Å². The molecule has 0 spiro atoms. The number of aromatic nitrogens is 2. The summed E-state index contributed by atoms with van der Waals surface area (Å²) in [6.45, 7) is 0.453. The van der Waals surface area contributed by atoms with E-state index < -0.39 is 6.10 Å². The Bertz CT molecular complexity index is 837. The molecule has 4 rings (SSSR count). The van der Waals surface area contributed by atoms with Gasteiger partial charge in [0.2, 0.25) is 11.9 Å². The number of rotatable bonds is 6. The van der Waals surface area contributed by atoms with Gasteiger partial charge in [0.25, 0.3) is 0 Å². The minimum absolute atomic E-state index is 0.00660. The van der Waals surface area contributed by atoms with Crippen LogP contribution in [0.3, 0.4) is 0 Å². The molecule has 148 valence electrons. The quantitative estimate of drug-likeness (QED) is 0.702. The first-order chi connectivity index (χ1) is 13.5. The summed E-state index contributed by atoms with van der Waals surface area (Å²) in [5.41, 5.74) is 1.77. The van der Waals surface area contributed by atoms with Crippen LogP contribution in [0.1, 0.15) is 19.3 Å². The van der Waals surface area contributed by atoms with Gasteiger partial charge in [0.15, 0.2) is 0 Å². The summed E-state index contributed by atoms with van der Waals surface area (Å²) in [6.07, 6.45) is 4.07. The Hall–Kier alpha value is -2.87. The van der Waals surface area contributed by atoms with Crippen molar-refractivity contribution in [2.45, 2.75) is 37.5 Å². The predicted molar refractivity (Wildman–Crippen MR) is 109 cm³/mol. The Labute approximate surface area is 164 Å². The lowest BCUT2D eigenvalue weighted by Crippen LogP contribution is -2.42. The van der Waals surface area contributed by atoms with Gasteiger partial charge in [0, 0.05) is 50.7 Å². The van der Waals surface area contributed by atoms with E-state index in [0.29, 0.717) is 25.0 Å². The molecule has 28 heavy (non-hydrogen) atoms. The van der Waals surface area contributed by atoms with Gasteiger partial charge >= 0.3 is 0 Å². The van der Waals surface area contributed by atoms with E-state index >= 15 is 0 Å². The van der Waals surface area contributed by atoms with Crippen molar-refractivity contribution in [3.8, 4) is 0 Å². The average molecular weight is 382 g/mol. The molecule has 8 nitrogen and oxygen atoms in total. The van der Waals surface area contributed by atoms with E-state index in [-0.39, 0.29) is 11.9 Å². The van der Waals surface area contributed by atoms with Gasteiger partial charge in [-0.2, -0.15) is 4.98 Å². The molecular weight excluding hydrogens is 356 g/mol. The number of benzene rings is 1. The second kappa shape index (κ2) is 7.63. The van der Waals surface area contributed by atoms with E-state index in [9.17, 15) is 9.90 Å². The molecule has 2 atom stereocenters. The number of aliphatic hydroxyl groups is 1. The van der Waals surface area contributed by atoms with Crippen molar-refractivity contribution in [3.63, 3.8) is 0 Å². The second-order valence-electron chi connectivity index (χ2n) is 7.65. The van der Waals surface area contributed by atoms with Gasteiger partial charge in [-0.1, -0.05) is 0 Å². The molecule has 2 fully saturated rings. The topological polar surface area (TPSA) is 93.6 Å². The highest BCUT2D eigenvalue weighted by Gasteiger charge is 2.36. The maximum atomic E-state index is 12.4. The maximum Gasteiger partial charge on any atom is 0.244 e. The Morgan fingerprint density at radius 1 is 1.21 bits per heavy atom. The predicted octanol–water partition coefficient (Wildman–Crippen LogP) is 1.82. The zero-order valence-corrected chi connectivity index (χ0v) is 16.2. The maximum absolute atomic E-state index is 12.4. The van der Waals surface area contributed by atoms with E-state index in [2.05, 4.69) is 20.6 Å². The van der Waals surface area contributed by atoms with Crippen molar-refractivity contribution in [1.82, 2.24) is 14.9 Å². The normalized spacial score (nSPS) is 21.5. The fourth-order valence-electron chi connectivity index (χ4n) is 3.43. The molecule has 8 heteroatoms. The summed E-state index contributed by atoms with van der Waals surface area (Å²) in [5.74, 6) is 1.37. The van der Waals surface area contributed by atoms with Crippen LogP contribution in [0.25, 0.3) is 0 Å². The van der Waals surface area contributed by atoms with Gasteiger partial charge in [-0.05, 0) is 43.2 Å². The number of hydrogen-bond acceptors (Lipinski definition) is 7. The van der Waals surface area contributed by atoms with Crippen molar-refractivity contribution in [2.24, 2.45) is 0 Å². The molecule has 1 saturated carbocycles. The van der Waals surface area contributed by atoms with Gasteiger partial charge in [-0.3, -0.25) is 4.79 Å². The molecule has 2 aromatic rings. The van der Waals surface area contributed by atoms with Crippen LogP contribution in [0.4, 0.5) is 23.1 Å². The van der Waals surface area contributed by atoms with Crippen molar-refractivity contribution in [3.05, 3.63) is 36.5 Å². The number of carbonyl (C=O) groups is 1. The summed E-state index contributed by atoms with van der Waals surface area (Å²) in [7, 11) is 3.48. The van der Waals surface area contributed by atoms with Gasteiger partial charge in [-0.15, -0.1) is 0 Å². The third kappa shape index (κ3) is 4.17. The first-order valence-electron chi connectivity index (χ1n) is 9.62. The average Bonchev–Trinajstić information content (AvgIpc) is 3.40. The van der Waals surface area contributed by atoms with Gasteiger partial charge < -0.3 is 25.5 Å². The van der Waals surface area contributed by atoms with Gasteiger partial charge in [-0.25, -0.2) is 4.98 Å². The number of likely N-dealkylation sites (N-methyl/N-ethyl adjacent to an activating group) is 1. The van der Waals surface area contributed by atoms with Crippen molar-refractivity contribution in [1.29, 1.82) is 0 Å². The number of amides is 1. The van der Waals surface area contributed by atoms with Gasteiger partial charge in [0.1, 0.15) is 11.9 Å². The molecule has 1 aliphatic heterocycles. The summed E-state index contributed by atoms with van der Waals surface area (Å²) < 4.78 is 0. The van der Waals surface area contributed by atoms with Crippen LogP contribution < -0.4 is 15.5 Å². The third-order valence-electron chi connectivity index (χ3n) is 5.04. The Balaban J connectivity index is 1.45. The van der Waals surface area contributed by atoms with E-state index in [1.165, 1.54) is 12.8 Å². The summed E-state index contributed by atoms with van der Waals surface area (Å²) >= 11 is 0. The summed E-state index contributed by atoms with van der Waals surface area (Å²) in [4.78, 5) is 24.7. The molecule has 1 saturated heterocycles. The van der Waals surface area contributed by atoms with Crippen LogP contribution >= 0.6 is 0 Å². The van der Waals surface area contributed by atoms with Gasteiger partial charge in [0.05, 0.1) is 6.10 Å². The molecule has 0 bridgehead atoms. The second-order valence-corrected chi connectivity index (χ2v) is 7.65. The lowest BCUT2D eigenvalue weighted by Gasteiger charge is -2.27. The van der Waals surface area contributed by atoms with Crippen LogP contribution in [0.15, 0.2) is 36.5 Å². The highest BCUT2D eigenvalue weighted by atomic mass is 16.3. The largest absolute Gasteiger partial charge is 0.391 e. The number of nitrogens with one attached hydrogen (secondary N) is 2. The molecule has 1 amide bonds. The summed E-state index contributed by atoms with van der Waals surface area (Å²) in [6, 6.07) is 9.83. The van der Waals surface area contributed by atoms with Crippen LogP contribution in [0.5, 0.6) is 0 Å². The minimum Gasteiger partial charge on any atom is -0.391 e. The van der Waals surface area contributed by atoms with Crippen molar-refractivity contribution >= 4 is 29.0 Å². The Kier molecular flexibility index (Phi) is 5.04. The van der Waals surface area contributed by atoms with Crippen LogP contribution in [0.2, 0.25) is 0 Å². The molecule has 1 aromatic heterocycles. The van der Waals surface area contributed by atoms with Crippen LogP contribution in [0, 0.1) is 0 Å². The Morgan fingerprint density at radius 3 is 2.64 bits per heavy atom. The van der Waals surface area contributed by atoms with E-state index in [4.69, 9.17) is 0 Å². The summed E-state index contributed by atoms with van der Waals surface area (Å²) in [5, 5.41) is 16.6.